The Morgan fingerprint density at radius 3 is 2.55 bits per heavy atom. The minimum atomic E-state index is -0.854. The van der Waals surface area contributed by atoms with Crippen LogP contribution in [-0.4, -0.2) is 46.8 Å². The summed E-state index contributed by atoms with van der Waals surface area (Å²) in [7, 11) is 3.50. The number of benzene rings is 1. The van der Waals surface area contributed by atoms with Gasteiger partial charge in [0.1, 0.15) is 23.2 Å². The smallest absolute Gasteiger partial charge is 0.223 e. The van der Waals surface area contributed by atoms with Crippen molar-refractivity contribution >= 4 is 23.3 Å². The van der Waals surface area contributed by atoms with Crippen LogP contribution in [0.15, 0.2) is 12.1 Å². The maximum atomic E-state index is 14.7. The van der Waals surface area contributed by atoms with Crippen LogP contribution in [0.1, 0.15) is 56.2 Å². The quantitative estimate of drug-likeness (QED) is 0.481. The van der Waals surface area contributed by atoms with Gasteiger partial charge in [0.05, 0.1) is 16.3 Å². The summed E-state index contributed by atoms with van der Waals surface area (Å²) in [6.07, 6.45) is 1.31. The molecular formula is C24H31ClF2N4O2. The van der Waals surface area contributed by atoms with Crippen LogP contribution < -0.4 is 5.32 Å². The number of carbonyl (C=O) groups excluding carboxylic acids is 2. The molecule has 6 nitrogen and oxygen atoms in total. The molecule has 1 N–H and O–H groups in total. The highest BCUT2D eigenvalue weighted by Gasteiger charge is 2.32. The van der Waals surface area contributed by atoms with E-state index in [1.807, 2.05) is 32.4 Å². The normalized spacial score (nSPS) is 15.6. The molecule has 0 spiro atoms. The van der Waals surface area contributed by atoms with Crippen molar-refractivity contribution in [3.63, 3.8) is 0 Å². The predicted molar refractivity (Wildman–Crippen MR) is 124 cm³/mol. The summed E-state index contributed by atoms with van der Waals surface area (Å²) in [6, 6.07) is 1.94. The number of rotatable bonds is 6. The number of ketones is 1. The third-order valence-corrected chi connectivity index (χ3v) is 6.13. The zero-order chi connectivity index (χ0) is 24.5. The first kappa shape index (κ1) is 25.3. The molecule has 1 aliphatic rings. The molecule has 0 aliphatic carbocycles. The van der Waals surface area contributed by atoms with Gasteiger partial charge < -0.3 is 14.8 Å². The molecule has 9 heteroatoms. The van der Waals surface area contributed by atoms with Gasteiger partial charge in [-0.3, -0.25) is 9.59 Å². The van der Waals surface area contributed by atoms with E-state index < -0.39 is 17.6 Å². The predicted octanol–water partition coefficient (Wildman–Crippen LogP) is 4.69. The highest BCUT2D eigenvalue weighted by Crippen LogP contribution is 2.33. The fourth-order valence-corrected chi connectivity index (χ4v) is 4.53. The van der Waals surface area contributed by atoms with Crippen LogP contribution in [0.3, 0.4) is 0 Å². The van der Waals surface area contributed by atoms with Crippen LogP contribution >= 0.6 is 11.6 Å². The van der Waals surface area contributed by atoms with Gasteiger partial charge in [-0.25, -0.2) is 13.8 Å². The average Bonchev–Trinajstić information content (AvgIpc) is 2.94. The lowest BCUT2D eigenvalue weighted by molar-refractivity contribution is -0.125. The van der Waals surface area contributed by atoms with Gasteiger partial charge in [0.15, 0.2) is 5.78 Å². The van der Waals surface area contributed by atoms with E-state index in [-0.39, 0.29) is 45.6 Å². The molecule has 0 saturated heterocycles. The largest absolute Gasteiger partial charge is 0.359 e. The van der Waals surface area contributed by atoms with Crippen molar-refractivity contribution in [2.24, 2.45) is 11.3 Å². The van der Waals surface area contributed by atoms with Gasteiger partial charge >= 0.3 is 0 Å². The summed E-state index contributed by atoms with van der Waals surface area (Å²) in [5.41, 5.74) is 0.786. The van der Waals surface area contributed by atoms with Crippen molar-refractivity contribution in [3.05, 3.63) is 40.2 Å². The minimum Gasteiger partial charge on any atom is -0.359 e. The first-order chi connectivity index (χ1) is 15.4. The van der Waals surface area contributed by atoms with Crippen LogP contribution in [0.25, 0.3) is 11.4 Å². The Labute approximate surface area is 198 Å². The van der Waals surface area contributed by atoms with E-state index in [1.165, 1.54) is 6.07 Å². The lowest BCUT2D eigenvalue weighted by atomic mass is 9.81. The number of fused-ring (bicyclic) bond motifs is 1. The van der Waals surface area contributed by atoms with Crippen LogP contribution in [0, 0.1) is 23.0 Å². The van der Waals surface area contributed by atoms with Gasteiger partial charge in [-0.2, -0.15) is 0 Å². The number of carbonyl (C=O) groups is 2. The van der Waals surface area contributed by atoms with Gasteiger partial charge in [0, 0.05) is 38.5 Å². The molecule has 0 radical (unpaired) electrons. The number of hydrogen-bond donors (Lipinski definition) is 1. The Morgan fingerprint density at radius 1 is 1.21 bits per heavy atom. The molecule has 1 aromatic carbocycles. The summed E-state index contributed by atoms with van der Waals surface area (Å²) >= 11 is 5.93. The minimum absolute atomic E-state index is 0.00321. The Hall–Kier alpha value is -2.32. The van der Waals surface area contributed by atoms with Crippen LogP contribution in [0.5, 0.6) is 0 Å². The van der Waals surface area contributed by atoms with Crippen molar-refractivity contribution < 1.29 is 18.4 Å². The molecule has 0 unspecified atom stereocenters. The summed E-state index contributed by atoms with van der Waals surface area (Å²) in [5.74, 6) is -2.38. The SMILES string of the molecule is CNC(=O)[C@@H](CC(=O)c1nc(-c2cc(Cl)c(F)cc2F)n2c1CN(C)CCC2)CC(C)(C)C. The molecular weight excluding hydrogens is 450 g/mol. The summed E-state index contributed by atoms with van der Waals surface area (Å²) in [4.78, 5) is 32.6. The second-order valence-corrected chi connectivity index (χ2v) is 10.3. The number of imidazole rings is 1. The highest BCUT2D eigenvalue weighted by atomic mass is 35.5. The highest BCUT2D eigenvalue weighted by molar-refractivity contribution is 6.31. The zero-order valence-corrected chi connectivity index (χ0v) is 20.5. The van der Waals surface area contributed by atoms with Gasteiger partial charge in [0.2, 0.25) is 5.91 Å². The van der Waals surface area contributed by atoms with Crippen molar-refractivity contribution in [3.8, 4) is 11.4 Å². The van der Waals surface area contributed by atoms with Crippen molar-refractivity contribution in [2.75, 3.05) is 20.6 Å². The molecule has 180 valence electrons. The number of halogens is 3. The van der Waals surface area contributed by atoms with E-state index >= 15 is 0 Å². The van der Waals surface area contributed by atoms with Crippen LogP contribution in [0.2, 0.25) is 5.02 Å². The lowest BCUT2D eigenvalue weighted by Crippen LogP contribution is -2.32. The first-order valence-corrected chi connectivity index (χ1v) is 11.5. The van der Waals surface area contributed by atoms with Gasteiger partial charge in [0.25, 0.3) is 0 Å². The average molecular weight is 481 g/mol. The first-order valence-electron chi connectivity index (χ1n) is 11.1. The van der Waals surface area contributed by atoms with Crippen LogP contribution in [-0.2, 0) is 17.9 Å². The topological polar surface area (TPSA) is 67.2 Å². The second-order valence-electron chi connectivity index (χ2n) is 9.92. The third-order valence-electron chi connectivity index (χ3n) is 5.84. The van der Waals surface area contributed by atoms with E-state index in [1.54, 1.807) is 7.05 Å². The molecule has 1 atom stereocenters. The molecule has 33 heavy (non-hydrogen) atoms. The number of amides is 1. The molecule has 1 aromatic heterocycles. The zero-order valence-electron chi connectivity index (χ0n) is 19.8. The Morgan fingerprint density at radius 2 is 1.91 bits per heavy atom. The van der Waals surface area contributed by atoms with E-state index in [0.29, 0.717) is 25.2 Å². The fourth-order valence-electron chi connectivity index (χ4n) is 4.37. The van der Waals surface area contributed by atoms with Crippen molar-refractivity contribution in [1.82, 2.24) is 19.8 Å². The number of nitrogens with one attached hydrogen (secondary N) is 1. The molecule has 0 bridgehead atoms. The van der Waals surface area contributed by atoms with Gasteiger partial charge in [-0.05, 0) is 37.9 Å². The second kappa shape index (κ2) is 9.89. The molecule has 2 aromatic rings. The van der Waals surface area contributed by atoms with Gasteiger partial charge in [-0.1, -0.05) is 32.4 Å². The Kier molecular flexibility index (Phi) is 7.59. The van der Waals surface area contributed by atoms with Gasteiger partial charge in [-0.15, -0.1) is 0 Å². The van der Waals surface area contributed by atoms with E-state index in [2.05, 4.69) is 15.2 Å². The summed E-state index contributed by atoms with van der Waals surface area (Å²) < 4.78 is 30.3. The van der Waals surface area contributed by atoms with Crippen molar-refractivity contribution in [1.29, 1.82) is 0 Å². The summed E-state index contributed by atoms with van der Waals surface area (Å²) in [5, 5.41) is 2.43. The molecule has 2 heterocycles. The third kappa shape index (κ3) is 5.79. The number of aromatic nitrogens is 2. The monoisotopic (exact) mass is 480 g/mol. The van der Waals surface area contributed by atoms with E-state index in [0.717, 1.165) is 19.0 Å². The van der Waals surface area contributed by atoms with Crippen molar-refractivity contribution in [2.45, 2.75) is 53.1 Å². The molecule has 3 rings (SSSR count). The fraction of sp³-hybridized carbons (Fsp3) is 0.542. The maximum Gasteiger partial charge on any atom is 0.223 e. The van der Waals surface area contributed by atoms with Crippen LogP contribution in [0.4, 0.5) is 8.78 Å². The number of Topliss-reactive ketones (excluding diaryl/α,β-unsaturated/α-hetero) is 1. The molecule has 0 fully saturated rings. The lowest BCUT2D eigenvalue weighted by Gasteiger charge is -2.24. The van der Waals surface area contributed by atoms with E-state index in [9.17, 15) is 18.4 Å². The Balaban J connectivity index is 2.07. The number of hydrogen-bond acceptors (Lipinski definition) is 4. The summed E-state index contributed by atoms with van der Waals surface area (Å²) in [6.45, 7) is 7.84. The molecule has 1 amide bonds. The molecule has 1 aliphatic heterocycles. The molecule has 0 saturated carbocycles. The maximum absolute atomic E-state index is 14.7. The number of nitrogens with zero attached hydrogens (tertiary/aromatic N) is 3. The van der Waals surface area contributed by atoms with E-state index in [4.69, 9.17) is 11.6 Å². The standard InChI is InChI=1S/C24H31ClF2N4O2/c1-24(2,3)12-14(23(33)28-4)9-20(32)21-19-13-30(5)7-6-8-31(19)22(29-21)15-10-16(25)18(27)11-17(15)26/h10-11,14H,6-9,12-13H2,1-5H3,(H,28,33)/t14-/m0/s1. The Bertz CT molecular complexity index is 1060.